The number of hydrogen-bond donors (Lipinski definition) is 0. The van der Waals surface area contributed by atoms with E-state index in [1.165, 1.54) is 27.8 Å². The summed E-state index contributed by atoms with van der Waals surface area (Å²) < 4.78 is 16.4. The van der Waals surface area contributed by atoms with Gasteiger partial charge in [-0.1, -0.05) is 156 Å². The van der Waals surface area contributed by atoms with Crippen molar-refractivity contribution in [1.82, 2.24) is 0 Å². The summed E-state index contributed by atoms with van der Waals surface area (Å²) >= 11 is 0. The second kappa shape index (κ2) is 21.0. The van der Waals surface area contributed by atoms with Crippen LogP contribution in [0.2, 0.25) is 0 Å². The fourth-order valence-corrected chi connectivity index (χ4v) is 8.60. The molecule has 0 heterocycles. The lowest BCUT2D eigenvalue weighted by Crippen LogP contribution is -2.30. The van der Waals surface area contributed by atoms with E-state index < -0.39 is 0 Å². The highest BCUT2D eigenvalue weighted by molar-refractivity contribution is 5.73. The Morgan fingerprint density at radius 2 is 0.877 bits per heavy atom. The lowest BCUT2D eigenvalue weighted by Gasteiger charge is -2.39. The van der Waals surface area contributed by atoms with Gasteiger partial charge >= 0.3 is 11.9 Å². The Hall–Kier alpha value is -3.44. The summed E-state index contributed by atoms with van der Waals surface area (Å²) in [6.45, 7) is 30.0. The first-order valence-electron chi connectivity index (χ1n) is 21.7. The molecule has 316 valence electrons. The first kappa shape index (κ1) is 47.9. The van der Waals surface area contributed by atoms with Crippen molar-refractivity contribution in [3.63, 3.8) is 0 Å². The van der Waals surface area contributed by atoms with E-state index in [0.717, 1.165) is 75.5 Å². The lowest BCUT2D eigenvalue weighted by molar-refractivity contribution is -0.144. The summed E-state index contributed by atoms with van der Waals surface area (Å²) in [7, 11) is 1.79. The van der Waals surface area contributed by atoms with Gasteiger partial charge in [0.2, 0.25) is 0 Å². The molecule has 5 nitrogen and oxygen atoms in total. The molecule has 0 amide bonds. The van der Waals surface area contributed by atoms with E-state index in [9.17, 15) is 9.59 Å². The molecule has 3 aromatic carbocycles. The van der Waals surface area contributed by atoms with Crippen LogP contribution in [0, 0.1) is 10.8 Å². The van der Waals surface area contributed by atoms with Crippen molar-refractivity contribution in [3.8, 4) is 0 Å². The van der Waals surface area contributed by atoms with Gasteiger partial charge in [0.15, 0.2) is 0 Å². The normalized spacial score (nSPS) is 12.8. The zero-order valence-electron chi connectivity index (χ0n) is 38.3. The second-order valence-corrected chi connectivity index (χ2v) is 20.7. The summed E-state index contributed by atoms with van der Waals surface area (Å²) in [4.78, 5) is 24.9. The van der Waals surface area contributed by atoms with Crippen molar-refractivity contribution in [1.29, 1.82) is 0 Å². The average Bonchev–Trinajstić information content (AvgIpc) is 3.10. The van der Waals surface area contributed by atoms with E-state index in [4.69, 9.17) is 14.2 Å². The quantitative estimate of drug-likeness (QED) is 0.0708. The standard InChI is InChI=1S/C52H78O5/c1-14-15-29-56-46(53)32-41-22-18-39(19-23-41)31-40-20-24-42(25-21-40)33-47(54)57-30-17-27-50(7,8)38-52(11,12)45-35-43(48(2,3)4)34-44(36-45)51(9,10)37-49(5,6)26-16-28-55-13/h18-25,34-36H,14-17,26-33,37-38H2,1-13H3. The topological polar surface area (TPSA) is 61.8 Å². The molecule has 3 aromatic rings. The summed E-state index contributed by atoms with van der Waals surface area (Å²) in [5, 5.41) is 0. The van der Waals surface area contributed by atoms with Crippen molar-refractivity contribution in [3.05, 3.63) is 106 Å². The van der Waals surface area contributed by atoms with Gasteiger partial charge in [-0.25, -0.2) is 0 Å². The highest BCUT2D eigenvalue weighted by Gasteiger charge is 2.35. The van der Waals surface area contributed by atoms with E-state index in [1.54, 1.807) is 7.11 Å². The zero-order chi connectivity index (χ0) is 42.5. The summed E-state index contributed by atoms with van der Waals surface area (Å²) in [5.74, 6) is -0.356. The Kier molecular flexibility index (Phi) is 17.7. The number of ether oxygens (including phenoxy) is 3. The highest BCUT2D eigenvalue weighted by atomic mass is 16.5. The molecule has 0 fully saturated rings. The fourth-order valence-electron chi connectivity index (χ4n) is 8.60. The van der Waals surface area contributed by atoms with Gasteiger partial charge in [-0.05, 0) is 117 Å². The van der Waals surface area contributed by atoms with E-state index >= 15 is 0 Å². The zero-order valence-corrected chi connectivity index (χ0v) is 38.3. The van der Waals surface area contributed by atoms with Crippen molar-refractivity contribution in [2.24, 2.45) is 10.8 Å². The van der Waals surface area contributed by atoms with Crippen LogP contribution in [0.5, 0.6) is 0 Å². The number of carbonyl (C=O) groups is 2. The maximum absolute atomic E-state index is 12.8. The van der Waals surface area contributed by atoms with Crippen LogP contribution in [-0.4, -0.2) is 38.9 Å². The van der Waals surface area contributed by atoms with E-state index in [1.807, 2.05) is 24.3 Å². The molecular formula is C52H78O5. The minimum atomic E-state index is -0.180. The van der Waals surface area contributed by atoms with Crippen LogP contribution in [0.15, 0.2) is 66.7 Å². The largest absolute Gasteiger partial charge is 0.465 e. The molecule has 0 spiro atoms. The van der Waals surface area contributed by atoms with Gasteiger partial charge < -0.3 is 14.2 Å². The monoisotopic (exact) mass is 783 g/mol. The molecule has 57 heavy (non-hydrogen) atoms. The smallest absolute Gasteiger partial charge is 0.310 e. The lowest BCUT2D eigenvalue weighted by atomic mass is 9.65. The van der Waals surface area contributed by atoms with Gasteiger partial charge in [-0.15, -0.1) is 0 Å². The second-order valence-electron chi connectivity index (χ2n) is 20.7. The third-order valence-corrected chi connectivity index (χ3v) is 11.6. The van der Waals surface area contributed by atoms with Gasteiger partial charge in [0.05, 0.1) is 26.1 Å². The Balaban J connectivity index is 1.53. The molecule has 0 bridgehead atoms. The number of benzene rings is 3. The number of carbonyl (C=O) groups excluding carboxylic acids is 2. The van der Waals surface area contributed by atoms with Crippen LogP contribution in [0.1, 0.15) is 173 Å². The van der Waals surface area contributed by atoms with Gasteiger partial charge in [-0.3, -0.25) is 9.59 Å². The third-order valence-electron chi connectivity index (χ3n) is 11.6. The van der Waals surface area contributed by atoms with Crippen LogP contribution in [0.3, 0.4) is 0 Å². The molecule has 3 rings (SSSR count). The highest BCUT2D eigenvalue weighted by Crippen LogP contribution is 2.44. The molecule has 0 aliphatic heterocycles. The van der Waals surface area contributed by atoms with Crippen LogP contribution >= 0.6 is 0 Å². The van der Waals surface area contributed by atoms with Gasteiger partial charge in [-0.2, -0.15) is 0 Å². The number of rotatable bonds is 23. The molecule has 0 aliphatic rings. The maximum atomic E-state index is 12.8. The molecule has 0 saturated heterocycles. The third kappa shape index (κ3) is 16.8. The van der Waals surface area contributed by atoms with Crippen molar-refractivity contribution < 1.29 is 23.8 Å². The van der Waals surface area contributed by atoms with Gasteiger partial charge in [0.25, 0.3) is 0 Å². The SMILES string of the molecule is CCCCOC(=O)Cc1ccc(Cc2ccc(CC(=O)OCCCC(C)(C)CC(C)(C)c3cc(C(C)(C)C)cc(C(C)(C)CC(C)(C)CCCOC)c3)cc2)cc1. The Bertz CT molecular complexity index is 1690. The molecule has 0 atom stereocenters. The molecule has 0 aliphatic carbocycles. The van der Waals surface area contributed by atoms with Crippen molar-refractivity contribution in [2.45, 2.75) is 170 Å². The summed E-state index contributed by atoms with van der Waals surface area (Å²) in [5.41, 5.74) is 8.85. The average molecular weight is 783 g/mol. The first-order chi connectivity index (χ1) is 26.5. The molecule has 0 radical (unpaired) electrons. The van der Waals surface area contributed by atoms with E-state index in [2.05, 4.69) is 126 Å². The van der Waals surface area contributed by atoms with Crippen molar-refractivity contribution >= 4 is 11.9 Å². The summed E-state index contributed by atoms with van der Waals surface area (Å²) in [6.07, 6.45) is 9.47. The number of unbranched alkanes of at least 4 members (excludes halogenated alkanes) is 1. The fraction of sp³-hybridized carbons (Fsp3) is 0.615. The number of esters is 2. The number of hydrogen-bond acceptors (Lipinski definition) is 5. The van der Waals surface area contributed by atoms with E-state index in [-0.39, 0.29) is 45.4 Å². The minimum Gasteiger partial charge on any atom is -0.465 e. The van der Waals surface area contributed by atoms with Crippen LogP contribution in [-0.2, 0) is 59.3 Å². The van der Waals surface area contributed by atoms with Gasteiger partial charge in [0.1, 0.15) is 0 Å². The molecule has 0 unspecified atom stereocenters. The molecule has 5 heteroatoms. The molecule has 0 aromatic heterocycles. The minimum absolute atomic E-state index is 0.0285. The molecule has 0 saturated carbocycles. The Morgan fingerprint density at radius 1 is 0.509 bits per heavy atom. The van der Waals surface area contributed by atoms with Crippen LogP contribution in [0.25, 0.3) is 0 Å². The van der Waals surface area contributed by atoms with Crippen LogP contribution < -0.4 is 0 Å². The van der Waals surface area contributed by atoms with Crippen LogP contribution in [0.4, 0.5) is 0 Å². The van der Waals surface area contributed by atoms with E-state index in [0.29, 0.717) is 19.6 Å². The molecule has 0 N–H and O–H groups in total. The van der Waals surface area contributed by atoms with Crippen molar-refractivity contribution in [2.75, 3.05) is 26.9 Å². The summed E-state index contributed by atoms with van der Waals surface area (Å²) in [6, 6.07) is 23.8. The Morgan fingerprint density at radius 3 is 1.26 bits per heavy atom. The number of methoxy groups -OCH3 is 1. The Labute approximate surface area is 348 Å². The predicted octanol–water partition coefficient (Wildman–Crippen LogP) is 12.8. The first-order valence-corrected chi connectivity index (χ1v) is 21.7. The van der Waals surface area contributed by atoms with Gasteiger partial charge in [0, 0.05) is 13.7 Å². The molecular weight excluding hydrogens is 705 g/mol. The predicted molar refractivity (Wildman–Crippen MR) is 238 cm³/mol. The maximum Gasteiger partial charge on any atom is 0.310 e.